The number of ether oxygens (including phenoxy) is 1. The van der Waals surface area contributed by atoms with Crippen molar-refractivity contribution in [3.05, 3.63) is 0 Å². The average Bonchev–Trinajstić information content (AvgIpc) is 2.61. The van der Waals surface area contributed by atoms with Gasteiger partial charge in [0.15, 0.2) is 5.78 Å². The lowest BCUT2D eigenvalue weighted by molar-refractivity contribution is -0.158. The first-order chi connectivity index (χ1) is 9.36. The summed E-state index contributed by atoms with van der Waals surface area (Å²) in [5.41, 5.74) is -1.09. The lowest BCUT2D eigenvalue weighted by Gasteiger charge is -2.37. The molecule has 0 radical (unpaired) electrons. The van der Waals surface area contributed by atoms with Gasteiger partial charge in [0.2, 0.25) is 0 Å². The summed E-state index contributed by atoms with van der Waals surface area (Å²) in [5.74, 6) is -0.543. The first kappa shape index (κ1) is 15.4. The van der Waals surface area contributed by atoms with E-state index < -0.39 is 11.4 Å². The predicted molar refractivity (Wildman–Crippen MR) is 74.2 cm³/mol. The van der Waals surface area contributed by atoms with Crippen LogP contribution in [0.1, 0.15) is 46.5 Å². The monoisotopic (exact) mass is 283 g/mol. The maximum atomic E-state index is 12.4. The highest BCUT2D eigenvalue weighted by Gasteiger charge is 2.44. The number of rotatable bonds is 5. The first-order valence-electron chi connectivity index (χ1n) is 7.50. The lowest BCUT2D eigenvalue weighted by Crippen LogP contribution is -2.50. The summed E-state index contributed by atoms with van der Waals surface area (Å²) in [4.78, 5) is 26.5. The van der Waals surface area contributed by atoms with E-state index >= 15 is 0 Å². The van der Waals surface area contributed by atoms with Crippen molar-refractivity contribution in [2.75, 3.05) is 13.2 Å². The van der Waals surface area contributed by atoms with Crippen molar-refractivity contribution in [2.24, 2.45) is 5.41 Å². The van der Waals surface area contributed by atoms with E-state index in [1.54, 1.807) is 20.8 Å². The average molecular weight is 283 g/mol. The number of nitrogens with zero attached hydrogens (tertiary/aromatic N) is 1. The first-order valence-corrected chi connectivity index (χ1v) is 7.50. The van der Waals surface area contributed by atoms with E-state index in [1.807, 2.05) is 0 Å². The third-order valence-corrected chi connectivity index (χ3v) is 4.67. The van der Waals surface area contributed by atoms with Gasteiger partial charge in [-0.15, -0.1) is 0 Å². The Morgan fingerprint density at radius 3 is 2.30 bits per heavy atom. The summed E-state index contributed by atoms with van der Waals surface area (Å²) in [5, 5.41) is 9.77. The normalized spacial score (nSPS) is 30.3. The second-order valence-electron chi connectivity index (χ2n) is 6.45. The van der Waals surface area contributed by atoms with E-state index in [9.17, 15) is 14.7 Å². The Bertz CT molecular complexity index is 379. The fourth-order valence-electron chi connectivity index (χ4n) is 3.29. The van der Waals surface area contributed by atoms with Crippen LogP contribution >= 0.6 is 0 Å². The SMILES string of the molecule is CCOC(=O)C(C)(C)C(=O)CN1C2CCC1CC(O)C2. The Hall–Kier alpha value is -0.940. The molecule has 2 fully saturated rings. The highest BCUT2D eigenvalue weighted by molar-refractivity contribution is 6.03. The summed E-state index contributed by atoms with van der Waals surface area (Å²) in [6.07, 6.45) is 3.31. The van der Waals surface area contributed by atoms with Crippen LogP contribution in [0.15, 0.2) is 0 Å². The minimum absolute atomic E-state index is 0.0933. The summed E-state index contributed by atoms with van der Waals surface area (Å²) >= 11 is 0. The molecule has 5 heteroatoms. The van der Waals surface area contributed by atoms with Crippen LogP contribution in [0.25, 0.3) is 0 Å². The maximum Gasteiger partial charge on any atom is 0.319 e. The van der Waals surface area contributed by atoms with Crippen molar-refractivity contribution >= 4 is 11.8 Å². The number of hydrogen-bond acceptors (Lipinski definition) is 5. The second kappa shape index (κ2) is 5.82. The van der Waals surface area contributed by atoms with E-state index in [4.69, 9.17) is 4.74 Å². The van der Waals surface area contributed by atoms with Crippen LogP contribution in [0, 0.1) is 5.41 Å². The molecule has 1 N–H and O–H groups in total. The molecule has 2 aliphatic rings. The number of Topliss-reactive ketones (excluding diaryl/α,β-unsaturated/α-hetero) is 1. The van der Waals surface area contributed by atoms with Gasteiger partial charge in [-0.05, 0) is 46.5 Å². The van der Waals surface area contributed by atoms with E-state index in [1.165, 1.54) is 0 Å². The molecule has 0 amide bonds. The molecule has 2 heterocycles. The zero-order chi connectivity index (χ0) is 14.9. The molecule has 5 nitrogen and oxygen atoms in total. The minimum atomic E-state index is -1.09. The fraction of sp³-hybridized carbons (Fsp3) is 0.867. The molecule has 0 aromatic rings. The van der Waals surface area contributed by atoms with Crippen LogP contribution in [0.2, 0.25) is 0 Å². The highest BCUT2D eigenvalue weighted by atomic mass is 16.5. The van der Waals surface area contributed by atoms with E-state index in [2.05, 4.69) is 4.90 Å². The third-order valence-electron chi connectivity index (χ3n) is 4.67. The maximum absolute atomic E-state index is 12.4. The molecule has 0 saturated carbocycles. The number of aliphatic hydroxyl groups excluding tert-OH is 1. The number of aliphatic hydroxyl groups is 1. The lowest BCUT2D eigenvalue weighted by atomic mass is 9.87. The molecule has 20 heavy (non-hydrogen) atoms. The Balaban J connectivity index is 2.00. The molecule has 114 valence electrons. The van der Waals surface area contributed by atoms with Crippen LogP contribution in [0.3, 0.4) is 0 Å². The predicted octanol–water partition coefficient (Wildman–Crippen LogP) is 1.13. The van der Waals surface area contributed by atoms with Gasteiger partial charge in [-0.2, -0.15) is 0 Å². The van der Waals surface area contributed by atoms with Gasteiger partial charge in [-0.1, -0.05) is 0 Å². The molecule has 2 saturated heterocycles. The van der Waals surface area contributed by atoms with Gasteiger partial charge in [-0.3, -0.25) is 14.5 Å². The van der Waals surface area contributed by atoms with Crippen molar-refractivity contribution in [3.8, 4) is 0 Å². The molecular weight excluding hydrogens is 258 g/mol. The Kier molecular flexibility index (Phi) is 4.49. The molecule has 2 bridgehead atoms. The van der Waals surface area contributed by atoms with Crippen molar-refractivity contribution in [1.29, 1.82) is 0 Å². The molecule has 0 spiro atoms. The molecule has 0 aromatic heterocycles. The summed E-state index contributed by atoms with van der Waals surface area (Å²) in [7, 11) is 0. The largest absolute Gasteiger partial charge is 0.465 e. The van der Waals surface area contributed by atoms with Crippen LogP contribution in [0.5, 0.6) is 0 Å². The van der Waals surface area contributed by atoms with Gasteiger partial charge < -0.3 is 9.84 Å². The number of piperidine rings is 1. The van der Waals surface area contributed by atoms with Crippen LogP contribution in [0.4, 0.5) is 0 Å². The van der Waals surface area contributed by atoms with E-state index in [0.29, 0.717) is 0 Å². The number of carbonyl (C=O) groups is 2. The van der Waals surface area contributed by atoms with Crippen molar-refractivity contribution in [1.82, 2.24) is 4.90 Å². The van der Waals surface area contributed by atoms with Crippen molar-refractivity contribution in [3.63, 3.8) is 0 Å². The summed E-state index contributed by atoms with van der Waals surface area (Å²) in [6.45, 7) is 5.58. The second-order valence-corrected chi connectivity index (χ2v) is 6.45. The summed E-state index contributed by atoms with van der Waals surface area (Å²) < 4.78 is 4.99. The Morgan fingerprint density at radius 2 is 1.80 bits per heavy atom. The van der Waals surface area contributed by atoms with Gasteiger partial charge in [0.1, 0.15) is 5.41 Å². The van der Waals surface area contributed by atoms with Crippen LogP contribution in [-0.4, -0.2) is 53.1 Å². The molecule has 0 aliphatic carbocycles. The molecule has 2 unspecified atom stereocenters. The summed E-state index contributed by atoms with van der Waals surface area (Å²) in [6, 6.07) is 0.566. The number of carbonyl (C=O) groups excluding carboxylic acids is 2. The fourth-order valence-corrected chi connectivity index (χ4v) is 3.29. The molecule has 0 aromatic carbocycles. The standard InChI is InChI=1S/C15H25NO4/c1-4-20-14(19)15(2,3)13(18)9-16-10-5-6-11(16)8-12(17)7-10/h10-12,17H,4-9H2,1-3H3. The Labute approximate surface area is 120 Å². The number of fused-ring (bicyclic) bond motifs is 2. The topological polar surface area (TPSA) is 66.8 Å². The molecule has 2 atom stereocenters. The van der Waals surface area contributed by atoms with Crippen LogP contribution in [-0.2, 0) is 14.3 Å². The van der Waals surface area contributed by atoms with E-state index in [0.717, 1.165) is 25.7 Å². The quantitative estimate of drug-likeness (QED) is 0.605. The molecule has 2 aliphatic heterocycles. The smallest absolute Gasteiger partial charge is 0.319 e. The number of hydrogen-bond donors (Lipinski definition) is 1. The van der Waals surface area contributed by atoms with Gasteiger partial charge in [0.05, 0.1) is 19.3 Å². The van der Waals surface area contributed by atoms with Crippen molar-refractivity contribution in [2.45, 2.75) is 64.6 Å². The minimum Gasteiger partial charge on any atom is -0.465 e. The number of ketones is 1. The third kappa shape index (κ3) is 2.88. The Morgan fingerprint density at radius 1 is 1.25 bits per heavy atom. The van der Waals surface area contributed by atoms with Gasteiger partial charge in [0.25, 0.3) is 0 Å². The van der Waals surface area contributed by atoms with Crippen LogP contribution < -0.4 is 0 Å². The zero-order valence-electron chi connectivity index (χ0n) is 12.6. The van der Waals surface area contributed by atoms with Crippen molar-refractivity contribution < 1.29 is 19.4 Å². The van der Waals surface area contributed by atoms with Gasteiger partial charge in [-0.25, -0.2) is 0 Å². The van der Waals surface area contributed by atoms with Gasteiger partial charge >= 0.3 is 5.97 Å². The zero-order valence-corrected chi connectivity index (χ0v) is 12.6. The number of esters is 1. The molecular formula is C15H25NO4. The van der Waals surface area contributed by atoms with E-state index in [-0.39, 0.29) is 37.1 Å². The van der Waals surface area contributed by atoms with Gasteiger partial charge in [0, 0.05) is 12.1 Å². The highest BCUT2D eigenvalue weighted by Crippen LogP contribution is 2.36. The molecule has 2 rings (SSSR count).